The Morgan fingerprint density at radius 3 is 2.71 bits per heavy atom. The van der Waals surface area contributed by atoms with Crippen LogP contribution in [-0.4, -0.2) is 45.7 Å². The fourth-order valence-electron chi connectivity index (χ4n) is 3.82. The van der Waals surface area contributed by atoms with Gasteiger partial charge in [0.05, 0.1) is 6.10 Å². The van der Waals surface area contributed by atoms with Crippen molar-refractivity contribution < 1.29 is 19.8 Å². The number of aliphatic hydroxyl groups excluding tert-OH is 1. The minimum atomic E-state index is -0.889. The molecule has 0 spiro atoms. The van der Waals surface area contributed by atoms with E-state index >= 15 is 0 Å². The smallest absolute Gasteiger partial charge is 0.345 e. The number of aryl methyl sites for hydroxylation is 1. The largest absolute Gasteiger partial charge is 0.477 e. The molecule has 2 atom stereocenters. The van der Waals surface area contributed by atoms with Crippen molar-refractivity contribution in [1.29, 1.82) is 0 Å². The molecule has 2 heterocycles. The lowest BCUT2D eigenvalue weighted by Gasteiger charge is -2.25. The van der Waals surface area contributed by atoms with Crippen molar-refractivity contribution >= 4 is 23.2 Å². The molecule has 150 valence electrons. The SMILES string of the molecule is O=C(O)c1ccc(CCCN2C(=O)CC[C@@H]2CC[C@H](O)Cc2ccccc2)s1. The van der Waals surface area contributed by atoms with Crippen molar-refractivity contribution in [1.82, 2.24) is 4.90 Å². The molecule has 1 fully saturated rings. The number of benzene rings is 1. The number of likely N-dealkylation sites (tertiary alicyclic amines) is 1. The summed E-state index contributed by atoms with van der Waals surface area (Å²) in [5.41, 5.74) is 1.13. The summed E-state index contributed by atoms with van der Waals surface area (Å²) in [6, 6.07) is 13.7. The van der Waals surface area contributed by atoms with E-state index in [4.69, 9.17) is 5.11 Å². The van der Waals surface area contributed by atoms with E-state index < -0.39 is 5.97 Å². The van der Waals surface area contributed by atoms with Crippen molar-refractivity contribution in [2.45, 2.75) is 57.1 Å². The number of amides is 1. The summed E-state index contributed by atoms with van der Waals surface area (Å²) in [7, 11) is 0. The summed E-state index contributed by atoms with van der Waals surface area (Å²) in [4.78, 5) is 26.6. The van der Waals surface area contributed by atoms with Gasteiger partial charge in [-0.2, -0.15) is 0 Å². The maximum atomic E-state index is 12.2. The summed E-state index contributed by atoms with van der Waals surface area (Å²) in [5, 5.41) is 19.3. The average Bonchev–Trinajstić information content (AvgIpc) is 3.29. The highest BCUT2D eigenvalue weighted by Gasteiger charge is 2.30. The van der Waals surface area contributed by atoms with E-state index in [0.29, 0.717) is 30.7 Å². The van der Waals surface area contributed by atoms with Crippen LogP contribution in [0.2, 0.25) is 0 Å². The third kappa shape index (κ3) is 5.66. The Bertz CT molecular complexity index is 789. The molecule has 1 saturated heterocycles. The first-order chi connectivity index (χ1) is 13.5. The van der Waals surface area contributed by atoms with Gasteiger partial charge in [0.15, 0.2) is 0 Å². The molecule has 28 heavy (non-hydrogen) atoms. The maximum absolute atomic E-state index is 12.2. The molecular formula is C22H27NO4S. The standard InChI is InChI=1S/C22H27NO4S/c24-18(15-16-5-2-1-3-6-16)10-8-17-9-13-21(25)23(17)14-4-7-19-11-12-20(28-19)22(26)27/h1-3,5-6,11-12,17-18,24H,4,7-10,13-15H2,(H,26,27)/t17-,18-/m0/s1. The normalized spacial score (nSPS) is 17.8. The second-order valence-electron chi connectivity index (χ2n) is 7.38. The van der Waals surface area contributed by atoms with E-state index in [9.17, 15) is 14.7 Å². The molecule has 1 aliphatic rings. The number of carbonyl (C=O) groups excluding carboxylic acids is 1. The Kier molecular flexibility index (Phi) is 7.23. The number of carbonyl (C=O) groups is 2. The van der Waals surface area contributed by atoms with Gasteiger partial charge in [0.1, 0.15) is 4.88 Å². The highest BCUT2D eigenvalue weighted by molar-refractivity contribution is 7.13. The van der Waals surface area contributed by atoms with Gasteiger partial charge in [0, 0.05) is 23.9 Å². The van der Waals surface area contributed by atoms with Crippen molar-refractivity contribution in [3.63, 3.8) is 0 Å². The van der Waals surface area contributed by atoms with Crippen LogP contribution in [0.1, 0.15) is 52.2 Å². The van der Waals surface area contributed by atoms with Crippen molar-refractivity contribution in [3.8, 4) is 0 Å². The first kappa shape index (κ1) is 20.6. The highest BCUT2D eigenvalue weighted by Crippen LogP contribution is 2.25. The molecule has 1 aromatic carbocycles. The van der Waals surface area contributed by atoms with E-state index in [-0.39, 0.29) is 18.1 Å². The number of thiophene rings is 1. The zero-order valence-electron chi connectivity index (χ0n) is 15.9. The summed E-state index contributed by atoms with van der Waals surface area (Å²) in [6.07, 6.45) is 4.82. The predicted octanol–water partition coefficient (Wildman–Crippen LogP) is 3.75. The molecule has 0 bridgehead atoms. The van der Waals surface area contributed by atoms with Gasteiger partial charge in [0.25, 0.3) is 0 Å². The highest BCUT2D eigenvalue weighted by atomic mass is 32.1. The summed E-state index contributed by atoms with van der Waals surface area (Å²) in [6.45, 7) is 0.693. The van der Waals surface area contributed by atoms with Crippen molar-refractivity contribution in [3.05, 3.63) is 57.8 Å². The van der Waals surface area contributed by atoms with Crippen molar-refractivity contribution in [2.75, 3.05) is 6.54 Å². The monoisotopic (exact) mass is 401 g/mol. The van der Waals surface area contributed by atoms with Gasteiger partial charge in [-0.15, -0.1) is 11.3 Å². The second-order valence-corrected chi connectivity index (χ2v) is 8.54. The molecule has 0 radical (unpaired) electrons. The maximum Gasteiger partial charge on any atom is 0.345 e. The minimum absolute atomic E-state index is 0.194. The van der Waals surface area contributed by atoms with E-state index in [1.807, 2.05) is 41.3 Å². The van der Waals surface area contributed by atoms with Crippen LogP contribution >= 0.6 is 11.3 Å². The Balaban J connectivity index is 1.44. The summed E-state index contributed by atoms with van der Waals surface area (Å²) in [5.74, 6) is -0.694. The minimum Gasteiger partial charge on any atom is -0.477 e. The Hall–Kier alpha value is -2.18. The molecule has 3 rings (SSSR count). The van der Waals surface area contributed by atoms with Crippen LogP contribution in [0.15, 0.2) is 42.5 Å². The fourth-order valence-corrected chi connectivity index (χ4v) is 4.71. The molecule has 0 saturated carbocycles. The zero-order valence-corrected chi connectivity index (χ0v) is 16.7. The molecule has 2 aromatic rings. The molecule has 1 aromatic heterocycles. The van der Waals surface area contributed by atoms with Crippen LogP contribution < -0.4 is 0 Å². The van der Waals surface area contributed by atoms with E-state index in [0.717, 1.165) is 36.1 Å². The fraction of sp³-hybridized carbons (Fsp3) is 0.455. The molecule has 1 amide bonds. The zero-order chi connectivity index (χ0) is 19.9. The van der Waals surface area contributed by atoms with E-state index in [1.54, 1.807) is 6.07 Å². The molecule has 6 heteroatoms. The number of aromatic carboxylic acids is 1. The second kappa shape index (κ2) is 9.85. The average molecular weight is 402 g/mol. The first-order valence-corrected chi connectivity index (χ1v) is 10.7. The molecule has 0 aliphatic carbocycles. The number of aliphatic hydroxyl groups is 1. The molecular weight excluding hydrogens is 374 g/mol. The van der Waals surface area contributed by atoms with Gasteiger partial charge in [-0.25, -0.2) is 4.79 Å². The topological polar surface area (TPSA) is 77.8 Å². The number of carboxylic acid groups (broad SMARTS) is 1. The molecule has 1 aliphatic heterocycles. The van der Waals surface area contributed by atoms with Crippen LogP contribution in [0, 0.1) is 0 Å². The lowest BCUT2D eigenvalue weighted by molar-refractivity contribution is -0.129. The molecule has 5 nitrogen and oxygen atoms in total. The van der Waals surface area contributed by atoms with Crippen molar-refractivity contribution in [2.24, 2.45) is 0 Å². The van der Waals surface area contributed by atoms with Crippen LogP contribution in [0.3, 0.4) is 0 Å². The number of hydrogen-bond acceptors (Lipinski definition) is 4. The van der Waals surface area contributed by atoms with Gasteiger partial charge >= 0.3 is 5.97 Å². The Morgan fingerprint density at radius 1 is 1.21 bits per heavy atom. The van der Waals surface area contributed by atoms with Gasteiger partial charge in [-0.05, 0) is 56.2 Å². The van der Waals surface area contributed by atoms with Gasteiger partial charge in [-0.3, -0.25) is 4.79 Å². The number of carboxylic acids is 1. The number of nitrogens with zero attached hydrogens (tertiary/aromatic N) is 1. The third-order valence-corrected chi connectivity index (χ3v) is 6.43. The predicted molar refractivity (Wildman–Crippen MR) is 110 cm³/mol. The lowest BCUT2D eigenvalue weighted by atomic mass is 10.0. The van der Waals surface area contributed by atoms with Gasteiger partial charge in [0.2, 0.25) is 5.91 Å². The van der Waals surface area contributed by atoms with Crippen LogP contribution in [-0.2, 0) is 17.6 Å². The van der Waals surface area contributed by atoms with Gasteiger partial charge in [-0.1, -0.05) is 30.3 Å². The van der Waals surface area contributed by atoms with E-state index in [1.165, 1.54) is 11.3 Å². The van der Waals surface area contributed by atoms with Crippen LogP contribution in [0.5, 0.6) is 0 Å². The van der Waals surface area contributed by atoms with E-state index in [2.05, 4.69) is 0 Å². The lowest BCUT2D eigenvalue weighted by Crippen LogP contribution is -2.34. The summed E-state index contributed by atoms with van der Waals surface area (Å²) >= 11 is 1.30. The quantitative estimate of drug-likeness (QED) is 0.636. The van der Waals surface area contributed by atoms with Crippen LogP contribution in [0.25, 0.3) is 0 Å². The van der Waals surface area contributed by atoms with Crippen LogP contribution in [0.4, 0.5) is 0 Å². The van der Waals surface area contributed by atoms with Gasteiger partial charge < -0.3 is 15.1 Å². The summed E-state index contributed by atoms with van der Waals surface area (Å²) < 4.78 is 0. The Morgan fingerprint density at radius 2 is 2.00 bits per heavy atom. The number of rotatable bonds is 10. The first-order valence-electron chi connectivity index (χ1n) is 9.86. The molecule has 2 N–H and O–H groups in total. The number of hydrogen-bond donors (Lipinski definition) is 2. The third-order valence-electron chi connectivity index (χ3n) is 5.29. The Labute approximate surface area is 169 Å². The molecule has 0 unspecified atom stereocenters.